The predicted molar refractivity (Wildman–Crippen MR) is 50.2 cm³/mol. The van der Waals surface area contributed by atoms with E-state index in [9.17, 15) is 0 Å². The van der Waals surface area contributed by atoms with Crippen molar-refractivity contribution in [2.75, 3.05) is 0 Å². The Morgan fingerprint density at radius 1 is 1.20 bits per heavy atom. The number of hydrogen-bond donors (Lipinski definition) is 0. The first-order chi connectivity index (χ1) is 4.81. The van der Waals surface area contributed by atoms with E-state index in [0.29, 0.717) is 0 Å². The molecule has 10 heavy (non-hydrogen) atoms. The van der Waals surface area contributed by atoms with Crippen LogP contribution in [0.1, 0.15) is 46.5 Å². The summed E-state index contributed by atoms with van der Waals surface area (Å²) in [5, 5.41) is 0. The molecule has 0 heterocycles. The van der Waals surface area contributed by atoms with Gasteiger partial charge in [-0.1, -0.05) is 46.5 Å². The molecule has 0 aliphatic heterocycles. The standard InChI is InChI=1S/C5H10.C3H8.C2H4/c1-5-3-2-4-5;1-3-2;1-2/h5H,2-4H2,1H3;3H2,1-2H3;1-2H2. The van der Waals surface area contributed by atoms with Crippen molar-refractivity contribution in [3.05, 3.63) is 13.2 Å². The zero-order valence-electron chi connectivity index (χ0n) is 7.82. The molecule has 0 spiro atoms. The quantitative estimate of drug-likeness (QED) is 0.448. The lowest BCUT2D eigenvalue weighted by Crippen LogP contribution is -2.04. The van der Waals surface area contributed by atoms with Gasteiger partial charge in [-0.2, -0.15) is 0 Å². The minimum absolute atomic E-state index is 1.06. The highest BCUT2D eigenvalue weighted by Crippen LogP contribution is 2.24. The Labute approximate surface area is 66.3 Å². The second-order valence-corrected chi connectivity index (χ2v) is 2.74. The van der Waals surface area contributed by atoms with E-state index in [4.69, 9.17) is 0 Å². The van der Waals surface area contributed by atoms with E-state index in [1.54, 1.807) is 0 Å². The highest BCUT2D eigenvalue weighted by Gasteiger charge is 2.09. The van der Waals surface area contributed by atoms with Gasteiger partial charge >= 0.3 is 0 Å². The Bertz CT molecular complexity index is 44.0. The van der Waals surface area contributed by atoms with Gasteiger partial charge in [0.1, 0.15) is 0 Å². The minimum atomic E-state index is 1.06. The Morgan fingerprint density at radius 3 is 1.40 bits per heavy atom. The van der Waals surface area contributed by atoms with E-state index in [0.717, 1.165) is 5.92 Å². The van der Waals surface area contributed by atoms with Gasteiger partial charge in [0.2, 0.25) is 0 Å². The molecule has 0 atom stereocenters. The van der Waals surface area contributed by atoms with E-state index in [1.165, 1.54) is 25.7 Å². The maximum atomic E-state index is 3.00. The van der Waals surface area contributed by atoms with E-state index in [2.05, 4.69) is 33.9 Å². The van der Waals surface area contributed by atoms with Crippen molar-refractivity contribution >= 4 is 0 Å². The third-order valence-electron chi connectivity index (χ3n) is 1.39. The van der Waals surface area contributed by atoms with Gasteiger partial charge in [-0.25, -0.2) is 0 Å². The van der Waals surface area contributed by atoms with Gasteiger partial charge in [0, 0.05) is 0 Å². The fourth-order valence-corrected chi connectivity index (χ4v) is 0.612. The first kappa shape index (κ1) is 12.4. The Kier molecular flexibility index (Phi) is 14.3. The molecule has 0 saturated heterocycles. The van der Waals surface area contributed by atoms with Crippen LogP contribution in [-0.4, -0.2) is 0 Å². The van der Waals surface area contributed by atoms with Gasteiger partial charge in [-0.05, 0) is 5.92 Å². The zero-order valence-corrected chi connectivity index (χ0v) is 7.82. The van der Waals surface area contributed by atoms with E-state index < -0.39 is 0 Å². The average molecular weight is 142 g/mol. The topological polar surface area (TPSA) is 0 Å². The summed E-state index contributed by atoms with van der Waals surface area (Å²) >= 11 is 0. The molecule has 0 heteroatoms. The van der Waals surface area contributed by atoms with Crippen LogP contribution in [0.25, 0.3) is 0 Å². The van der Waals surface area contributed by atoms with Gasteiger partial charge in [0.25, 0.3) is 0 Å². The van der Waals surface area contributed by atoms with Crippen LogP contribution >= 0.6 is 0 Å². The molecule has 0 bridgehead atoms. The molecule has 0 N–H and O–H groups in total. The monoisotopic (exact) mass is 142 g/mol. The van der Waals surface area contributed by atoms with Crippen molar-refractivity contribution in [3.63, 3.8) is 0 Å². The summed E-state index contributed by atoms with van der Waals surface area (Å²) in [7, 11) is 0. The lowest BCUT2D eigenvalue weighted by molar-refractivity contribution is 0.346. The molecule has 1 saturated carbocycles. The molecular weight excluding hydrogens is 120 g/mol. The second kappa shape index (κ2) is 11.5. The van der Waals surface area contributed by atoms with Crippen molar-refractivity contribution in [1.82, 2.24) is 0 Å². The second-order valence-electron chi connectivity index (χ2n) is 2.74. The van der Waals surface area contributed by atoms with E-state index in [1.807, 2.05) is 0 Å². The van der Waals surface area contributed by atoms with Gasteiger partial charge in [-0.15, -0.1) is 13.2 Å². The molecule has 0 aromatic rings. The molecule has 0 aromatic carbocycles. The van der Waals surface area contributed by atoms with Gasteiger partial charge in [0.05, 0.1) is 0 Å². The highest BCUT2D eigenvalue weighted by molar-refractivity contribution is 4.62. The summed E-state index contributed by atoms with van der Waals surface area (Å²) in [6.07, 6.45) is 5.71. The lowest BCUT2D eigenvalue weighted by atomic mass is 9.88. The van der Waals surface area contributed by atoms with Crippen LogP contribution in [0.5, 0.6) is 0 Å². The summed E-state index contributed by atoms with van der Waals surface area (Å²) in [6, 6.07) is 0. The van der Waals surface area contributed by atoms with Gasteiger partial charge < -0.3 is 0 Å². The van der Waals surface area contributed by atoms with Gasteiger partial charge in [-0.3, -0.25) is 0 Å². The van der Waals surface area contributed by atoms with Crippen LogP contribution in [0, 0.1) is 5.92 Å². The van der Waals surface area contributed by atoms with Crippen molar-refractivity contribution in [2.24, 2.45) is 5.92 Å². The van der Waals surface area contributed by atoms with Crippen molar-refractivity contribution < 1.29 is 0 Å². The summed E-state index contributed by atoms with van der Waals surface area (Å²) in [6.45, 7) is 12.6. The SMILES string of the molecule is C=C.CC1CCC1.CCC. The first-order valence-electron chi connectivity index (χ1n) is 4.31. The van der Waals surface area contributed by atoms with E-state index >= 15 is 0 Å². The summed E-state index contributed by atoms with van der Waals surface area (Å²) in [5.74, 6) is 1.06. The zero-order chi connectivity index (χ0) is 8.41. The van der Waals surface area contributed by atoms with Crippen LogP contribution in [0.15, 0.2) is 13.2 Å². The number of hydrogen-bond acceptors (Lipinski definition) is 0. The molecule has 0 nitrogen and oxygen atoms in total. The summed E-state index contributed by atoms with van der Waals surface area (Å²) in [5.41, 5.74) is 0. The average Bonchev–Trinajstić information content (AvgIpc) is 1.90. The Hall–Kier alpha value is -0.260. The molecule has 1 aliphatic rings. The van der Waals surface area contributed by atoms with Crippen LogP contribution < -0.4 is 0 Å². The lowest BCUT2D eigenvalue weighted by Gasteiger charge is -2.18. The number of rotatable bonds is 0. The Morgan fingerprint density at radius 2 is 1.40 bits per heavy atom. The molecule has 0 unspecified atom stereocenters. The molecule has 1 aliphatic carbocycles. The van der Waals surface area contributed by atoms with Crippen LogP contribution in [0.2, 0.25) is 0 Å². The summed E-state index contributed by atoms with van der Waals surface area (Å²) in [4.78, 5) is 0. The molecule has 1 fully saturated rings. The van der Waals surface area contributed by atoms with Crippen molar-refractivity contribution in [2.45, 2.75) is 46.5 Å². The molecule has 62 valence electrons. The van der Waals surface area contributed by atoms with Crippen LogP contribution in [-0.2, 0) is 0 Å². The third kappa shape index (κ3) is 10.7. The first-order valence-corrected chi connectivity index (χ1v) is 4.31. The maximum Gasteiger partial charge on any atom is -0.0443 e. The van der Waals surface area contributed by atoms with Crippen molar-refractivity contribution in [3.8, 4) is 0 Å². The molecular formula is C10H22. The fourth-order valence-electron chi connectivity index (χ4n) is 0.612. The van der Waals surface area contributed by atoms with E-state index in [-0.39, 0.29) is 0 Å². The van der Waals surface area contributed by atoms with Crippen LogP contribution in [0.3, 0.4) is 0 Å². The maximum absolute atomic E-state index is 3.00. The Balaban J connectivity index is 0. The molecule has 0 amide bonds. The smallest absolute Gasteiger partial charge is 0.0443 e. The normalized spacial score (nSPS) is 15.1. The minimum Gasteiger partial charge on any atom is -0.106 e. The molecule has 0 aromatic heterocycles. The molecule has 1 rings (SSSR count). The van der Waals surface area contributed by atoms with Crippen molar-refractivity contribution in [1.29, 1.82) is 0 Å². The van der Waals surface area contributed by atoms with Crippen LogP contribution in [0.4, 0.5) is 0 Å². The summed E-state index contributed by atoms with van der Waals surface area (Å²) < 4.78 is 0. The molecule has 0 radical (unpaired) electrons. The fraction of sp³-hybridized carbons (Fsp3) is 0.800. The predicted octanol–water partition coefficient (Wildman–Crippen LogP) is 4.02. The largest absolute Gasteiger partial charge is 0.106 e. The van der Waals surface area contributed by atoms with Gasteiger partial charge in [0.15, 0.2) is 0 Å². The highest BCUT2D eigenvalue weighted by atomic mass is 14.1. The third-order valence-corrected chi connectivity index (χ3v) is 1.39.